The van der Waals surface area contributed by atoms with E-state index in [2.05, 4.69) is 28.7 Å². The molecule has 1 heterocycles. The number of halogens is 1. The van der Waals surface area contributed by atoms with Crippen LogP contribution in [0.15, 0.2) is 93.3 Å². The second-order valence-electron chi connectivity index (χ2n) is 6.27. The second kappa shape index (κ2) is 8.99. The number of nitrogens with one attached hydrogen (secondary N) is 1. The highest BCUT2D eigenvalue weighted by Crippen LogP contribution is 2.27. The zero-order valence-electron chi connectivity index (χ0n) is 15.3. The maximum atomic E-state index is 12.1. The molecule has 29 heavy (non-hydrogen) atoms. The Balaban J connectivity index is 1.33. The summed E-state index contributed by atoms with van der Waals surface area (Å²) in [5.74, 6) is 1.33. The number of nitrogens with zero attached hydrogens (tertiary/aromatic N) is 1. The Bertz CT molecular complexity index is 1180. The van der Waals surface area contributed by atoms with Gasteiger partial charge in [0.15, 0.2) is 0 Å². The van der Waals surface area contributed by atoms with E-state index in [1.54, 1.807) is 6.07 Å². The number of benzene rings is 3. The van der Waals surface area contributed by atoms with Gasteiger partial charge < -0.3 is 4.42 Å². The number of hydrogen-bond donors (Lipinski definition) is 1. The summed E-state index contributed by atoms with van der Waals surface area (Å²) in [7, 11) is 0. The van der Waals surface area contributed by atoms with Gasteiger partial charge in [-0.1, -0.05) is 60.1 Å². The average Bonchev–Trinajstić information content (AvgIpc) is 3.21. The molecule has 0 bridgehead atoms. The lowest BCUT2D eigenvalue weighted by Gasteiger charge is -2.05. The minimum absolute atomic E-state index is 0.180. The van der Waals surface area contributed by atoms with Gasteiger partial charge in [0, 0.05) is 15.5 Å². The average molecular weight is 421 g/mol. The number of hydrogen-bond acceptors (Lipinski definition) is 4. The molecule has 0 aliphatic heterocycles. The Kier molecular flexibility index (Phi) is 5.98. The molecule has 4 rings (SSSR count). The van der Waals surface area contributed by atoms with Gasteiger partial charge in [-0.25, -0.2) is 5.43 Å². The number of thioether (sulfide) groups is 1. The van der Waals surface area contributed by atoms with Crippen LogP contribution in [-0.2, 0) is 4.79 Å². The van der Waals surface area contributed by atoms with Crippen LogP contribution in [0, 0.1) is 0 Å². The summed E-state index contributed by atoms with van der Waals surface area (Å²) in [5, 5.41) is 6.92. The fraction of sp³-hybridized carbons (Fsp3) is 0.0435. The van der Waals surface area contributed by atoms with E-state index in [1.165, 1.54) is 18.0 Å². The van der Waals surface area contributed by atoms with E-state index in [9.17, 15) is 4.79 Å². The Morgan fingerprint density at radius 2 is 1.86 bits per heavy atom. The van der Waals surface area contributed by atoms with E-state index in [0.717, 1.165) is 21.2 Å². The lowest BCUT2D eigenvalue weighted by molar-refractivity contribution is -0.118. The molecular formula is C23H17ClN2O2S. The van der Waals surface area contributed by atoms with Gasteiger partial charge in [0.2, 0.25) is 5.91 Å². The molecule has 0 radical (unpaired) electrons. The van der Waals surface area contributed by atoms with Crippen LogP contribution in [0.2, 0.25) is 5.02 Å². The first-order chi connectivity index (χ1) is 14.2. The number of fused-ring (bicyclic) bond motifs is 1. The van der Waals surface area contributed by atoms with Crippen LogP contribution in [0.25, 0.3) is 22.1 Å². The van der Waals surface area contributed by atoms with Gasteiger partial charge in [0.25, 0.3) is 0 Å². The van der Waals surface area contributed by atoms with Crippen LogP contribution >= 0.6 is 23.4 Å². The molecule has 0 saturated carbocycles. The summed E-state index contributed by atoms with van der Waals surface area (Å²) in [6.07, 6.45) is 1.48. The van der Waals surface area contributed by atoms with Crippen molar-refractivity contribution in [3.05, 3.63) is 89.6 Å². The van der Waals surface area contributed by atoms with E-state index < -0.39 is 0 Å². The van der Waals surface area contributed by atoms with Gasteiger partial charge in [-0.2, -0.15) is 5.10 Å². The number of rotatable bonds is 6. The summed E-state index contributed by atoms with van der Waals surface area (Å²) < 4.78 is 5.72. The van der Waals surface area contributed by atoms with Crippen LogP contribution in [0.1, 0.15) is 5.76 Å². The Labute approximate surface area is 177 Å². The molecule has 1 aromatic heterocycles. The first kappa shape index (κ1) is 19.3. The smallest absolute Gasteiger partial charge is 0.250 e. The van der Waals surface area contributed by atoms with Crippen molar-refractivity contribution in [2.75, 3.05) is 5.75 Å². The van der Waals surface area contributed by atoms with E-state index in [4.69, 9.17) is 16.0 Å². The quantitative estimate of drug-likeness (QED) is 0.236. The van der Waals surface area contributed by atoms with Crippen LogP contribution in [0.5, 0.6) is 0 Å². The molecule has 0 spiro atoms. The fourth-order valence-electron chi connectivity index (χ4n) is 2.88. The van der Waals surface area contributed by atoms with Crippen molar-refractivity contribution >= 4 is 46.3 Å². The minimum Gasteiger partial charge on any atom is -0.455 e. The third-order valence-corrected chi connectivity index (χ3v) is 5.53. The Morgan fingerprint density at radius 3 is 2.76 bits per heavy atom. The van der Waals surface area contributed by atoms with Crippen molar-refractivity contribution in [2.45, 2.75) is 4.90 Å². The number of hydrazone groups is 1. The Hall–Kier alpha value is -3.02. The molecule has 0 atom stereocenters. The van der Waals surface area contributed by atoms with Crippen LogP contribution in [-0.4, -0.2) is 17.9 Å². The first-order valence-electron chi connectivity index (χ1n) is 8.97. The second-order valence-corrected chi connectivity index (χ2v) is 7.73. The van der Waals surface area contributed by atoms with Crippen molar-refractivity contribution in [2.24, 2.45) is 5.10 Å². The minimum atomic E-state index is -0.180. The molecule has 0 aliphatic rings. The van der Waals surface area contributed by atoms with E-state index in [1.807, 2.05) is 54.6 Å². The summed E-state index contributed by atoms with van der Waals surface area (Å²) in [6, 6.07) is 25.2. The van der Waals surface area contributed by atoms with Gasteiger partial charge in [-0.05, 0) is 41.1 Å². The normalized spacial score (nSPS) is 11.2. The number of furan rings is 1. The molecule has 1 amide bonds. The molecule has 1 N–H and O–H groups in total. The van der Waals surface area contributed by atoms with Crippen molar-refractivity contribution < 1.29 is 9.21 Å². The van der Waals surface area contributed by atoms with Crippen LogP contribution < -0.4 is 5.43 Å². The van der Waals surface area contributed by atoms with E-state index >= 15 is 0 Å². The van der Waals surface area contributed by atoms with Gasteiger partial charge >= 0.3 is 0 Å². The molecule has 3 aromatic carbocycles. The zero-order valence-corrected chi connectivity index (χ0v) is 16.9. The molecule has 0 aliphatic carbocycles. The molecule has 6 heteroatoms. The fourth-order valence-corrected chi connectivity index (χ4v) is 3.94. The van der Waals surface area contributed by atoms with Gasteiger partial charge in [0.05, 0.1) is 12.0 Å². The third-order valence-electron chi connectivity index (χ3n) is 4.23. The van der Waals surface area contributed by atoms with Gasteiger partial charge in [-0.15, -0.1) is 11.8 Å². The lowest BCUT2D eigenvalue weighted by atomic mass is 10.1. The number of carbonyl (C=O) groups excluding carboxylic acids is 1. The molecule has 0 unspecified atom stereocenters. The number of carbonyl (C=O) groups is 1. The maximum absolute atomic E-state index is 12.1. The molecule has 0 fully saturated rings. The highest BCUT2D eigenvalue weighted by atomic mass is 35.5. The predicted molar refractivity (Wildman–Crippen MR) is 120 cm³/mol. The monoisotopic (exact) mass is 420 g/mol. The molecule has 4 aromatic rings. The largest absolute Gasteiger partial charge is 0.455 e. The Morgan fingerprint density at radius 1 is 1.03 bits per heavy atom. The van der Waals surface area contributed by atoms with Crippen molar-refractivity contribution in [3.8, 4) is 11.3 Å². The first-order valence-corrected chi connectivity index (χ1v) is 10.3. The summed E-state index contributed by atoms with van der Waals surface area (Å²) in [4.78, 5) is 13.2. The predicted octanol–water partition coefficient (Wildman–Crippen LogP) is 6.00. The van der Waals surface area contributed by atoms with E-state index in [0.29, 0.717) is 16.5 Å². The summed E-state index contributed by atoms with van der Waals surface area (Å²) >= 11 is 7.49. The zero-order chi connectivity index (χ0) is 20.1. The summed E-state index contributed by atoms with van der Waals surface area (Å²) in [5.41, 5.74) is 3.42. The van der Waals surface area contributed by atoms with E-state index in [-0.39, 0.29) is 11.7 Å². The third kappa shape index (κ3) is 4.88. The molecule has 4 nitrogen and oxygen atoms in total. The highest BCUT2D eigenvalue weighted by Gasteiger charge is 2.06. The lowest BCUT2D eigenvalue weighted by Crippen LogP contribution is -2.19. The van der Waals surface area contributed by atoms with Crippen molar-refractivity contribution in [1.29, 1.82) is 0 Å². The summed E-state index contributed by atoms with van der Waals surface area (Å²) in [6.45, 7) is 0. The van der Waals surface area contributed by atoms with Crippen molar-refractivity contribution in [1.82, 2.24) is 5.43 Å². The molecular weight excluding hydrogens is 404 g/mol. The van der Waals surface area contributed by atoms with Gasteiger partial charge in [-0.3, -0.25) is 4.79 Å². The van der Waals surface area contributed by atoms with Gasteiger partial charge in [0.1, 0.15) is 11.5 Å². The molecule has 0 saturated heterocycles. The molecule has 144 valence electrons. The maximum Gasteiger partial charge on any atom is 0.250 e. The topological polar surface area (TPSA) is 54.6 Å². The standard InChI is InChI=1S/C23H17ClN2O2S/c24-18-8-3-7-17(13-18)21-12-11-19(28-21)14-25-26-23(27)15-29-22-10-4-6-16-5-1-2-9-20(16)22/h1-14H,15H2,(H,26,27)/b25-14-. The number of amides is 1. The van der Waals surface area contributed by atoms with Crippen molar-refractivity contribution in [3.63, 3.8) is 0 Å². The highest BCUT2D eigenvalue weighted by molar-refractivity contribution is 8.00. The SMILES string of the molecule is O=C(CSc1cccc2ccccc12)N/N=C\c1ccc(-c2cccc(Cl)c2)o1. The van der Waals surface area contributed by atoms with Crippen LogP contribution in [0.4, 0.5) is 0 Å². The van der Waals surface area contributed by atoms with Crippen LogP contribution in [0.3, 0.4) is 0 Å².